The quantitative estimate of drug-likeness (QED) is 0.168. The molecule has 330 valence electrons. The van der Waals surface area contributed by atoms with Gasteiger partial charge in [0, 0.05) is 68.8 Å². The Balaban J connectivity index is 0.816. The highest BCUT2D eigenvalue weighted by Gasteiger charge is 2.45. The molecule has 10 rings (SSSR count). The van der Waals surface area contributed by atoms with Crippen molar-refractivity contribution in [2.45, 2.75) is 103 Å². The van der Waals surface area contributed by atoms with Crippen LogP contribution in [0.15, 0.2) is 53.1 Å². The van der Waals surface area contributed by atoms with Crippen molar-refractivity contribution >= 4 is 52.2 Å². The van der Waals surface area contributed by atoms with Crippen molar-refractivity contribution in [1.29, 1.82) is 0 Å². The molecule has 17 heteroatoms. The molecule has 64 heavy (non-hydrogen) atoms. The van der Waals surface area contributed by atoms with Crippen LogP contribution >= 0.6 is 0 Å². The summed E-state index contributed by atoms with van der Waals surface area (Å²) in [6, 6.07) is 11.4. The summed E-state index contributed by atoms with van der Waals surface area (Å²) in [5.74, 6) is -2.94. The van der Waals surface area contributed by atoms with Crippen molar-refractivity contribution in [2.75, 3.05) is 24.5 Å². The number of rotatable bonds is 9. The van der Waals surface area contributed by atoms with Gasteiger partial charge in [0.1, 0.15) is 17.6 Å². The van der Waals surface area contributed by atoms with E-state index in [4.69, 9.17) is 9.51 Å². The van der Waals surface area contributed by atoms with Gasteiger partial charge in [-0.05, 0) is 112 Å². The van der Waals surface area contributed by atoms with Gasteiger partial charge in [0.2, 0.25) is 23.6 Å². The first-order chi connectivity index (χ1) is 30.8. The Hall–Kier alpha value is -6.62. The predicted molar refractivity (Wildman–Crippen MR) is 226 cm³/mol. The van der Waals surface area contributed by atoms with E-state index < -0.39 is 47.3 Å². The van der Waals surface area contributed by atoms with Gasteiger partial charge in [-0.3, -0.25) is 43.9 Å². The zero-order valence-corrected chi connectivity index (χ0v) is 35.5. The molecule has 0 radical (unpaired) electrons. The van der Waals surface area contributed by atoms with E-state index in [2.05, 4.69) is 19.9 Å². The van der Waals surface area contributed by atoms with Gasteiger partial charge in [0.25, 0.3) is 11.8 Å². The van der Waals surface area contributed by atoms with E-state index in [-0.39, 0.29) is 53.9 Å². The highest BCUT2D eigenvalue weighted by Crippen LogP contribution is 2.41. The molecule has 2 atom stereocenters. The Kier molecular flexibility index (Phi) is 10.5. The number of likely N-dealkylation sites (tertiary alicyclic amines) is 1. The number of fused-ring (bicyclic) bond motifs is 3. The molecule has 3 saturated heterocycles. The zero-order chi connectivity index (χ0) is 44.6. The normalized spacial score (nSPS) is 20.8. The molecular weight excluding hydrogens is 827 g/mol. The van der Waals surface area contributed by atoms with Crippen LogP contribution in [0.25, 0.3) is 22.2 Å². The molecule has 0 saturated carbocycles. The Morgan fingerprint density at radius 1 is 0.828 bits per heavy atom. The maximum absolute atomic E-state index is 14.6. The SMILES string of the molecule is Cc1noc(C)c1-c1ccc2c(c1)nc([C@@H]1CCCC(=O)N1c1ccc(F)c(F)c1)n2C1CCN(C(=O)CCCN2Cc3cc4c(cc3C2)C(=O)N(C2CCC(=O)NC2=O)C4=O)CC1. The van der Waals surface area contributed by atoms with E-state index in [0.717, 1.165) is 56.0 Å². The van der Waals surface area contributed by atoms with Gasteiger partial charge in [-0.2, -0.15) is 0 Å². The average Bonchev–Trinajstić information content (AvgIpc) is 4.02. The van der Waals surface area contributed by atoms with Gasteiger partial charge in [0.05, 0.1) is 33.9 Å². The van der Waals surface area contributed by atoms with Crippen LogP contribution in [0.1, 0.15) is 119 Å². The Morgan fingerprint density at radius 2 is 1.56 bits per heavy atom. The summed E-state index contributed by atoms with van der Waals surface area (Å²) in [4.78, 5) is 90.0. The standard InChI is InChI=1S/C47H46F2N8O7/c1-25-43(26(2)64-52-25)27-8-11-37-36(21-27)50-44(38-5-3-6-42(60)55(38)31-9-10-34(48)35(49)22-31)56(37)30-14-17-54(18-15-30)41(59)7-4-16-53-23-28-19-32-33(20-29(28)24-53)47(63)57(46(32)62)39-12-13-40(58)51-45(39)61/h8-11,19-22,30,38-39H,3-7,12-18,23-24H2,1-2H3,(H,51,58,61)/t38-,39?/m0/s1. The highest BCUT2D eigenvalue weighted by molar-refractivity contribution is 6.23. The summed E-state index contributed by atoms with van der Waals surface area (Å²) >= 11 is 0. The fourth-order valence-corrected chi connectivity index (χ4v) is 10.4. The summed E-state index contributed by atoms with van der Waals surface area (Å²) in [6.45, 7) is 6.55. The molecule has 1 unspecified atom stereocenters. The van der Waals surface area contributed by atoms with Crippen LogP contribution in [0, 0.1) is 25.5 Å². The number of imide groups is 2. The topological polar surface area (TPSA) is 171 Å². The summed E-state index contributed by atoms with van der Waals surface area (Å²) in [7, 11) is 0. The molecular formula is C47H46F2N8O7. The molecule has 2 aromatic heterocycles. The molecule has 5 aliphatic heterocycles. The molecule has 0 spiro atoms. The number of benzene rings is 3. The molecule has 15 nitrogen and oxygen atoms in total. The minimum atomic E-state index is -1.03. The van der Waals surface area contributed by atoms with Gasteiger partial charge < -0.3 is 18.9 Å². The number of hydrogen-bond donors (Lipinski definition) is 1. The number of anilines is 1. The third-order valence-corrected chi connectivity index (χ3v) is 13.6. The number of halogens is 2. The smallest absolute Gasteiger partial charge is 0.262 e. The Bertz CT molecular complexity index is 2750. The number of hydrogen-bond acceptors (Lipinski definition) is 10. The van der Waals surface area contributed by atoms with Crippen LogP contribution in [0.3, 0.4) is 0 Å². The highest BCUT2D eigenvalue weighted by atomic mass is 19.2. The van der Waals surface area contributed by atoms with Crippen molar-refractivity contribution in [3.63, 3.8) is 0 Å². The van der Waals surface area contributed by atoms with Crippen molar-refractivity contribution in [2.24, 2.45) is 0 Å². The number of nitrogens with zero attached hydrogens (tertiary/aromatic N) is 7. The van der Waals surface area contributed by atoms with Crippen LogP contribution < -0.4 is 10.2 Å². The minimum Gasteiger partial charge on any atom is -0.361 e. The van der Waals surface area contributed by atoms with Crippen LogP contribution in [0.4, 0.5) is 14.5 Å². The van der Waals surface area contributed by atoms with E-state index >= 15 is 0 Å². The molecule has 7 heterocycles. The fourth-order valence-electron chi connectivity index (χ4n) is 10.4. The third-order valence-electron chi connectivity index (χ3n) is 13.6. The summed E-state index contributed by atoms with van der Waals surface area (Å²) in [5, 5.41) is 6.36. The van der Waals surface area contributed by atoms with Crippen molar-refractivity contribution in [3.05, 3.63) is 99.7 Å². The van der Waals surface area contributed by atoms with Crippen LogP contribution in [-0.4, -0.2) is 90.5 Å². The second kappa shape index (κ2) is 16.2. The van der Waals surface area contributed by atoms with E-state index in [1.807, 2.05) is 36.9 Å². The molecule has 3 aromatic carbocycles. The largest absolute Gasteiger partial charge is 0.361 e. The fraction of sp³-hybridized carbons (Fsp3) is 0.404. The maximum atomic E-state index is 14.6. The van der Waals surface area contributed by atoms with Gasteiger partial charge in [-0.15, -0.1) is 0 Å². The summed E-state index contributed by atoms with van der Waals surface area (Å²) in [6.07, 6.45) is 3.87. The molecule has 0 bridgehead atoms. The van der Waals surface area contributed by atoms with E-state index in [9.17, 15) is 37.5 Å². The third kappa shape index (κ3) is 7.15. The molecule has 3 fully saturated rings. The van der Waals surface area contributed by atoms with Crippen LogP contribution in [-0.2, 0) is 32.3 Å². The molecule has 6 amide bonds. The zero-order valence-electron chi connectivity index (χ0n) is 35.5. The second-order valence-electron chi connectivity index (χ2n) is 17.6. The number of aryl methyl sites for hydroxylation is 2. The number of carbonyl (C=O) groups is 6. The molecule has 5 aromatic rings. The minimum absolute atomic E-state index is 0.0566. The van der Waals surface area contributed by atoms with Crippen molar-refractivity contribution in [3.8, 4) is 11.1 Å². The van der Waals surface area contributed by atoms with Crippen molar-refractivity contribution in [1.82, 2.24) is 34.7 Å². The second-order valence-corrected chi connectivity index (χ2v) is 17.6. The number of carbonyl (C=O) groups excluding carboxylic acids is 6. The Morgan fingerprint density at radius 3 is 2.23 bits per heavy atom. The van der Waals surface area contributed by atoms with Gasteiger partial charge in [0.15, 0.2) is 11.6 Å². The lowest BCUT2D eigenvalue weighted by molar-refractivity contribution is -0.136. The molecule has 5 aliphatic rings. The predicted octanol–water partition coefficient (Wildman–Crippen LogP) is 6.21. The number of aromatic nitrogens is 3. The summed E-state index contributed by atoms with van der Waals surface area (Å²) < 4.78 is 36.3. The van der Waals surface area contributed by atoms with Crippen molar-refractivity contribution < 1.29 is 42.1 Å². The number of imidazole rings is 1. The lowest BCUT2D eigenvalue weighted by Gasteiger charge is -2.38. The molecule has 0 aliphatic carbocycles. The number of amides is 6. The first kappa shape index (κ1) is 41.4. The lowest BCUT2D eigenvalue weighted by atomic mass is 9.98. The number of piperidine rings is 3. The van der Waals surface area contributed by atoms with E-state index in [0.29, 0.717) is 82.8 Å². The van der Waals surface area contributed by atoms with Gasteiger partial charge in [-0.25, -0.2) is 13.8 Å². The van der Waals surface area contributed by atoms with Crippen LogP contribution in [0.2, 0.25) is 0 Å². The molecule has 1 N–H and O–H groups in total. The van der Waals surface area contributed by atoms with Gasteiger partial charge in [-0.1, -0.05) is 11.2 Å². The van der Waals surface area contributed by atoms with Gasteiger partial charge >= 0.3 is 0 Å². The Labute approximate surface area is 366 Å². The van der Waals surface area contributed by atoms with Crippen LogP contribution in [0.5, 0.6) is 0 Å². The monoisotopic (exact) mass is 872 g/mol. The maximum Gasteiger partial charge on any atom is 0.262 e. The van der Waals surface area contributed by atoms with E-state index in [1.54, 1.807) is 17.0 Å². The lowest BCUT2D eigenvalue weighted by Crippen LogP contribution is -2.54. The average molecular weight is 873 g/mol. The summed E-state index contributed by atoms with van der Waals surface area (Å²) in [5.41, 5.74) is 6.76. The first-order valence-electron chi connectivity index (χ1n) is 21.9. The number of nitrogens with one attached hydrogen (secondary N) is 1. The van der Waals surface area contributed by atoms with E-state index in [1.165, 1.54) is 6.07 Å². The first-order valence-corrected chi connectivity index (χ1v) is 21.9.